The first-order valence-electron chi connectivity index (χ1n) is 6.51. The maximum atomic E-state index is 12.1. The molecule has 0 unspecified atom stereocenters. The number of hydrogen-bond acceptors (Lipinski definition) is 4. The normalized spacial score (nSPS) is 16.9. The number of rotatable bonds is 2. The van der Waals surface area contributed by atoms with Crippen LogP contribution in [0.2, 0.25) is 0 Å². The zero-order valence-electron chi connectivity index (χ0n) is 11.0. The highest BCUT2D eigenvalue weighted by atomic mass is 16.5. The minimum absolute atomic E-state index is 0.0167. The number of morpholine rings is 1. The van der Waals surface area contributed by atoms with Crippen molar-refractivity contribution < 1.29 is 4.74 Å². The molecule has 1 saturated heterocycles. The number of aryl methyl sites for hydroxylation is 1. The molecule has 5 nitrogen and oxygen atoms in total. The Morgan fingerprint density at radius 2 is 2.11 bits per heavy atom. The molecule has 19 heavy (non-hydrogen) atoms. The molecule has 0 bridgehead atoms. The summed E-state index contributed by atoms with van der Waals surface area (Å²) in [4.78, 5) is 18.9. The predicted octanol–water partition coefficient (Wildman–Crippen LogP) is 0.835. The van der Waals surface area contributed by atoms with E-state index < -0.39 is 0 Å². The van der Waals surface area contributed by atoms with Gasteiger partial charge in [-0.2, -0.15) is 0 Å². The Labute approximate surface area is 111 Å². The molecule has 2 aromatic heterocycles. The zero-order chi connectivity index (χ0) is 13.2. The molecule has 0 N–H and O–H groups in total. The van der Waals surface area contributed by atoms with Gasteiger partial charge >= 0.3 is 0 Å². The molecule has 0 radical (unpaired) electrons. The molecule has 1 fully saturated rings. The average Bonchev–Trinajstić information content (AvgIpc) is 2.41. The molecule has 0 atom stereocenters. The summed E-state index contributed by atoms with van der Waals surface area (Å²) in [6.07, 6.45) is 1.82. The van der Waals surface area contributed by atoms with Crippen molar-refractivity contribution in [2.24, 2.45) is 0 Å². The summed E-state index contributed by atoms with van der Waals surface area (Å²) < 4.78 is 6.91. The quantitative estimate of drug-likeness (QED) is 0.801. The van der Waals surface area contributed by atoms with Crippen molar-refractivity contribution in [1.29, 1.82) is 0 Å². The third-order valence-corrected chi connectivity index (χ3v) is 3.35. The number of fused-ring (bicyclic) bond motifs is 1. The average molecular weight is 259 g/mol. The van der Waals surface area contributed by atoms with Gasteiger partial charge in [0.25, 0.3) is 5.56 Å². The minimum atomic E-state index is -0.0167. The standard InChI is InChI=1S/C14H17N3O2/c1-11-2-3-13-15-12(8-14(18)17(13)9-11)10-16-4-6-19-7-5-16/h2-3,8-9H,4-7,10H2,1H3. The molecule has 0 aliphatic carbocycles. The highest BCUT2D eigenvalue weighted by Crippen LogP contribution is 2.06. The van der Waals surface area contributed by atoms with E-state index in [1.165, 1.54) is 0 Å². The van der Waals surface area contributed by atoms with Crippen LogP contribution in [0.4, 0.5) is 0 Å². The lowest BCUT2D eigenvalue weighted by Gasteiger charge is -2.26. The van der Waals surface area contributed by atoms with Gasteiger partial charge in [-0.1, -0.05) is 6.07 Å². The van der Waals surface area contributed by atoms with E-state index in [-0.39, 0.29) is 5.56 Å². The summed E-state index contributed by atoms with van der Waals surface area (Å²) in [6.45, 7) is 5.98. The second-order valence-corrected chi connectivity index (χ2v) is 4.91. The summed E-state index contributed by atoms with van der Waals surface area (Å²) in [7, 11) is 0. The van der Waals surface area contributed by atoms with Crippen molar-refractivity contribution in [2.45, 2.75) is 13.5 Å². The summed E-state index contributed by atoms with van der Waals surface area (Å²) in [5.74, 6) is 0. The van der Waals surface area contributed by atoms with E-state index in [9.17, 15) is 4.79 Å². The highest BCUT2D eigenvalue weighted by Gasteiger charge is 2.12. The van der Waals surface area contributed by atoms with Crippen LogP contribution in [0.5, 0.6) is 0 Å². The van der Waals surface area contributed by atoms with Gasteiger partial charge in [-0.05, 0) is 18.6 Å². The van der Waals surface area contributed by atoms with Gasteiger partial charge < -0.3 is 4.74 Å². The SMILES string of the molecule is Cc1ccc2nc(CN3CCOCC3)cc(=O)n2c1. The molecular formula is C14H17N3O2. The molecule has 0 saturated carbocycles. The number of nitrogens with zero attached hydrogens (tertiary/aromatic N) is 3. The molecule has 0 amide bonds. The van der Waals surface area contributed by atoms with Gasteiger partial charge in [-0.25, -0.2) is 4.98 Å². The zero-order valence-corrected chi connectivity index (χ0v) is 11.0. The van der Waals surface area contributed by atoms with Gasteiger partial charge in [0.15, 0.2) is 0 Å². The van der Waals surface area contributed by atoms with Gasteiger partial charge in [0.2, 0.25) is 0 Å². The van der Waals surface area contributed by atoms with Crippen molar-refractivity contribution >= 4 is 5.65 Å². The van der Waals surface area contributed by atoms with Gasteiger partial charge in [0.05, 0.1) is 18.9 Å². The molecule has 3 heterocycles. The lowest BCUT2D eigenvalue weighted by molar-refractivity contribution is 0.0336. The van der Waals surface area contributed by atoms with Crippen molar-refractivity contribution in [2.75, 3.05) is 26.3 Å². The fourth-order valence-electron chi connectivity index (χ4n) is 2.33. The Morgan fingerprint density at radius 3 is 2.89 bits per heavy atom. The Kier molecular flexibility index (Phi) is 3.31. The van der Waals surface area contributed by atoms with E-state index in [1.807, 2.05) is 25.3 Å². The van der Waals surface area contributed by atoms with Crippen molar-refractivity contribution in [3.05, 3.63) is 46.0 Å². The van der Waals surface area contributed by atoms with Gasteiger partial charge in [-0.15, -0.1) is 0 Å². The van der Waals surface area contributed by atoms with E-state index in [4.69, 9.17) is 4.74 Å². The molecule has 1 aliphatic heterocycles. The minimum Gasteiger partial charge on any atom is -0.379 e. The smallest absolute Gasteiger partial charge is 0.258 e. The van der Waals surface area contributed by atoms with Crippen LogP contribution < -0.4 is 5.56 Å². The Morgan fingerprint density at radius 1 is 1.32 bits per heavy atom. The fraction of sp³-hybridized carbons (Fsp3) is 0.429. The molecular weight excluding hydrogens is 242 g/mol. The largest absolute Gasteiger partial charge is 0.379 e. The third-order valence-electron chi connectivity index (χ3n) is 3.35. The van der Waals surface area contributed by atoms with Crippen LogP contribution in [0, 0.1) is 6.92 Å². The molecule has 0 spiro atoms. The van der Waals surface area contributed by atoms with E-state index in [1.54, 1.807) is 10.5 Å². The Balaban J connectivity index is 1.92. The van der Waals surface area contributed by atoms with Crippen LogP contribution >= 0.6 is 0 Å². The first-order valence-corrected chi connectivity index (χ1v) is 6.51. The number of hydrogen-bond donors (Lipinski definition) is 0. The third kappa shape index (κ3) is 2.67. The van der Waals surface area contributed by atoms with Crippen LogP contribution in [0.25, 0.3) is 5.65 Å². The van der Waals surface area contributed by atoms with Crippen LogP contribution in [0.1, 0.15) is 11.3 Å². The van der Waals surface area contributed by atoms with E-state index in [2.05, 4.69) is 9.88 Å². The van der Waals surface area contributed by atoms with E-state index in [0.29, 0.717) is 12.2 Å². The van der Waals surface area contributed by atoms with Gasteiger partial charge in [0.1, 0.15) is 5.65 Å². The lowest BCUT2D eigenvalue weighted by atomic mass is 10.3. The molecule has 100 valence electrons. The maximum absolute atomic E-state index is 12.1. The monoisotopic (exact) mass is 259 g/mol. The lowest BCUT2D eigenvalue weighted by Crippen LogP contribution is -2.36. The summed E-state index contributed by atoms with van der Waals surface area (Å²) in [5, 5.41) is 0. The van der Waals surface area contributed by atoms with Crippen LogP contribution in [0.15, 0.2) is 29.2 Å². The number of ether oxygens (including phenoxy) is 1. The van der Waals surface area contributed by atoms with Crippen molar-refractivity contribution in [1.82, 2.24) is 14.3 Å². The Hall–Kier alpha value is -1.72. The predicted molar refractivity (Wildman–Crippen MR) is 72.3 cm³/mol. The first kappa shape index (κ1) is 12.3. The number of aromatic nitrogens is 2. The second kappa shape index (κ2) is 5.11. The maximum Gasteiger partial charge on any atom is 0.258 e. The second-order valence-electron chi connectivity index (χ2n) is 4.91. The van der Waals surface area contributed by atoms with E-state index >= 15 is 0 Å². The first-order chi connectivity index (χ1) is 9.22. The Bertz CT molecular complexity index is 645. The van der Waals surface area contributed by atoms with Crippen LogP contribution in [-0.4, -0.2) is 40.6 Å². The fourth-order valence-corrected chi connectivity index (χ4v) is 2.33. The van der Waals surface area contributed by atoms with Crippen LogP contribution in [0.3, 0.4) is 0 Å². The van der Waals surface area contributed by atoms with Crippen LogP contribution in [-0.2, 0) is 11.3 Å². The van der Waals surface area contributed by atoms with Gasteiger partial charge in [0, 0.05) is 31.9 Å². The van der Waals surface area contributed by atoms with E-state index in [0.717, 1.165) is 37.6 Å². The molecule has 3 rings (SSSR count). The molecule has 1 aliphatic rings. The summed E-state index contributed by atoms with van der Waals surface area (Å²) in [6, 6.07) is 5.49. The highest BCUT2D eigenvalue weighted by molar-refractivity contribution is 5.39. The number of pyridine rings is 1. The molecule has 2 aromatic rings. The van der Waals surface area contributed by atoms with Crippen molar-refractivity contribution in [3.8, 4) is 0 Å². The summed E-state index contributed by atoms with van der Waals surface area (Å²) in [5.41, 5.74) is 2.58. The summed E-state index contributed by atoms with van der Waals surface area (Å²) >= 11 is 0. The molecule has 5 heteroatoms. The van der Waals surface area contributed by atoms with Crippen molar-refractivity contribution in [3.63, 3.8) is 0 Å². The van der Waals surface area contributed by atoms with Gasteiger partial charge in [-0.3, -0.25) is 14.1 Å². The topological polar surface area (TPSA) is 46.8 Å². The molecule has 0 aromatic carbocycles.